The second kappa shape index (κ2) is 4.36. The lowest BCUT2D eigenvalue weighted by atomic mass is 9.58. The maximum atomic E-state index is 2.59. The second-order valence-corrected chi connectivity index (χ2v) is 8.60. The lowest BCUT2D eigenvalue weighted by Crippen LogP contribution is -2.43. The first-order valence-corrected chi connectivity index (χ1v) is 9.71. The van der Waals surface area contributed by atoms with Crippen molar-refractivity contribution in [2.75, 3.05) is 0 Å². The number of allylic oxidation sites excluding steroid dienone is 4. The van der Waals surface area contributed by atoms with Crippen molar-refractivity contribution in [3.8, 4) is 0 Å². The van der Waals surface area contributed by atoms with Gasteiger partial charge in [-0.25, -0.2) is 0 Å². The van der Waals surface area contributed by atoms with Gasteiger partial charge in [0.15, 0.2) is 0 Å². The molecule has 0 amide bonds. The molecule has 5 aliphatic rings. The first-order chi connectivity index (χ1) is 12.2. The van der Waals surface area contributed by atoms with Crippen molar-refractivity contribution < 1.29 is 0 Å². The molecule has 0 aromatic heterocycles. The molecule has 0 radical (unpaired) electrons. The van der Waals surface area contributed by atoms with E-state index in [9.17, 15) is 0 Å². The largest absolute Gasteiger partial charge is 0.0835 e. The SMILES string of the molecule is CC1=C(C)[C@]2(c3ccccc3)[C@H]3C[C@H]4[C@H](C=C[C@@H]13)[C@@]42c1ccccc1. The molecule has 0 heteroatoms. The molecule has 0 heterocycles. The van der Waals surface area contributed by atoms with Gasteiger partial charge >= 0.3 is 0 Å². The Morgan fingerprint density at radius 3 is 2.08 bits per heavy atom. The molecule has 0 spiro atoms. The van der Waals surface area contributed by atoms with Gasteiger partial charge in [0.1, 0.15) is 0 Å². The lowest BCUT2D eigenvalue weighted by molar-refractivity contribution is 0.277. The third-order valence-electron chi connectivity index (χ3n) is 8.27. The molecular weight excluding hydrogens is 300 g/mol. The van der Waals surface area contributed by atoms with Crippen LogP contribution in [-0.2, 0) is 10.8 Å². The highest BCUT2D eigenvalue weighted by Gasteiger charge is 2.83. The molecule has 0 saturated heterocycles. The maximum Gasteiger partial charge on any atom is 0.0304 e. The molecule has 5 aliphatic carbocycles. The Kier molecular flexibility index (Phi) is 2.46. The summed E-state index contributed by atoms with van der Waals surface area (Å²) in [6.45, 7) is 4.83. The first kappa shape index (κ1) is 14.1. The van der Waals surface area contributed by atoms with Crippen LogP contribution in [-0.4, -0.2) is 0 Å². The van der Waals surface area contributed by atoms with Crippen LogP contribution < -0.4 is 0 Å². The molecule has 124 valence electrons. The molecule has 2 saturated carbocycles. The predicted octanol–water partition coefficient (Wildman–Crippen LogP) is 5.66. The molecule has 2 fully saturated rings. The monoisotopic (exact) mass is 324 g/mol. The van der Waals surface area contributed by atoms with Crippen molar-refractivity contribution >= 4 is 0 Å². The predicted molar refractivity (Wildman–Crippen MR) is 102 cm³/mol. The van der Waals surface area contributed by atoms with E-state index < -0.39 is 0 Å². The van der Waals surface area contributed by atoms with Gasteiger partial charge in [-0.05, 0) is 49.1 Å². The van der Waals surface area contributed by atoms with Gasteiger partial charge in [-0.15, -0.1) is 0 Å². The third kappa shape index (κ3) is 1.30. The Bertz CT molecular complexity index is 919. The van der Waals surface area contributed by atoms with Crippen molar-refractivity contribution in [1.82, 2.24) is 0 Å². The minimum atomic E-state index is 0.184. The molecule has 2 aromatic rings. The molecule has 0 unspecified atom stereocenters. The fraction of sp³-hybridized carbons (Fsp3) is 0.360. The van der Waals surface area contributed by atoms with E-state index in [1.165, 1.54) is 6.42 Å². The van der Waals surface area contributed by atoms with Crippen LogP contribution in [0, 0.1) is 23.7 Å². The van der Waals surface area contributed by atoms with Gasteiger partial charge in [0.05, 0.1) is 0 Å². The average Bonchev–Trinajstić information content (AvgIpc) is 3.21. The van der Waals surface area contributed by atoms with Crippen LogP contribution in [0.4, 0.5) is 0 Å². The summed E-state index contributed by atoms with van der Waals surface area (Å²) in [7, 11) is 0. The summed E-state index contributed by atoms with van der Waals surface area (Å²) in [5, 5.41) is 0. The Labute approximate surface area is 150 Å². The molecule has 2 aromatic carbocycles. The molecule has 6 bridgehead atoms. The fourth-order valence-electron chi connectivity index (χ4n) is 7.52. The summed E-state index contributed by atoms with van der Waals surface area (Å²) < 4.78 is 0. The average molecular weight is 324 g/mol. The standard InChI is InChI=1S/C25H24/c1-16-17(2)24(18-9-5-3-6-10-18)22-15-23-21(14-13-20(16)22)25(23,24)19-11-7-4-8-12-19/h3-14,20-23H,15H2,1-2H3/t20-,21-,22-,23-,24-,25-/m0/s1. The molecule has 0 nitrogen and oxygen atoms in total. The molecule has 0 N–H and O–H groups in total. The molecule has 25 heavy (non-hydrogen) atoms. The molecule has 0 aliphatic heterocycles. The van der Waals surface area contributed by atoms with Crippen LogP contribution in [0.5, 0.6) is 0 Å². The zero-order valence-corrected chi connectivity index (χ0v) is 14.9. The van der Waals surface area contributed by atoms with Crippen LogP contribution in [0.15, 0.2) is 84.0 Å². The summed E-state index contributed by atoms with van der Waals surface area (Å²) in [6, 6.07) is 22.9. The van der Waals surface area contributed by atoms with Gasteiger partial charge in [0.25, 0.3) is 0 Å². The van der Waals surface area contributed by atoms with Gasteiger partial charge in [-0.1, -0.05) is 84.0 Å². The smallest absolute Gasteiger partial charge is 0.0304 e. The summed E-state index contributed by atoms with van der Waals surface area (Å²) in [5.74, 6) is 2.89. The highest BCUT2D eigenvalue weighted by atomic mass is 14.8. The Hall–Kier alpha value is -2.08. The Morgan fingerprint density at radius 1 is 0.760 bits per heavy atom. The van der Waals surface area contributed by atoms with Crippen LogP contribution >= 0.6 is 0 Å². The van der Waals surface area contributed by atoms with E-state index in [1.807, 2.05) is 0 Å². The van der Waals surface area contributed by atoms with Crippen molar-refractivity contribution in [1.29, 1.82) is 0 Å². The minimum Gasteiger partial charge on any atom is -0.0835 e. The van der Waals surface area contributed by atoms with Gasteiger partial charge in [0, 0.05) is 16.7 Å². The molecule has 6 atom stereocenters. The topological polar surface area (TPSA) is 0 Å². The van der Waals surface area contributed by atoms with E-state index in [-0.39, 0.29) is 10.8 Å². The molecular formula is C25H24. The molecule has 7 rings (SSSR count). The van der Waals surface area contributed by atoms with Crippen molar-refractivity contribution in [2.24, 2.45) is 23.7 Å². The van der Waals surface area contributed by atoms with Crippen LogP contribution in [0.1, 0.15) is 31.4 Å². The van der Waals surface area contributed by atoms with E-state index in [1.54, 1.807) is 22.3 Å². The van der Waals surface area contributed by atoms with Gasteiger partial charge in [0.2, 0.25) is 0 Å². The van der Waals surface area contributed by atoms with Gasteiger partial charge in [-0.3, -0.25) is 0 Å². The fourth-order valence-corrected chi connectivity index (χ4v) is 7.52. The van der Waals surface area contributed by atoms with Crippen molar-refractivity contribution in [3.63, 3.8) is 0 Å². The van der Waals surface area contributed by atoms with Crippen molar-refractivity contribution in [2.45, 2.75) is 31.1 Å². The third-order valence-corrected chi connectivity index (χ3v) is 8.27. The second-order valence-electron chi connectivity index (χ2n) is 8.60. The van der Waals surface area contributed by atoms with E-state index in [4.69, 9.17) is 0 Å². The van der Waals surface area contributed by atoms with Crippen molar-refractivity contribution in [3.05, 3.63) is 95.1 Å². The number of rotatable bonds is 2. The van der Waals surface area contributed by atoms with Gasteiger partial charge in [-0.2, -0.15) is 0 Å². The van der Waals surface area contributed by atoms with E-state index in [0.29, 0.717) is 11.8 Å². The Balaban J connectivity index is 1.73. The number of hydrogen-bond donors (Lipinski definition) is 0. The normalized spacial score (nSPS) is 42.6. The summed E-state index contributed by atoms with van der Waals surface area (Å²) in [6.07, 6.45) is 6.53. The maximum absolute atomic E-state index is 2.59. The van der Waals surface area contributed by atoms with Gasteiger partial charge < -0.3 is 0 Å². The zero-order chi connectivity index (χ0) is 16.8. The number of hydrogen-bond acceptors (Lipinski definition) is 0. The highest BCUT2D eigenvalue weighted by Crippen LogP contribution is 2.84. The lowest BCUT2D eigenvalue weighted by Gasteiger charge is -2.43. The number of benzene rings is 2. The first-order valence-electron chi connectivity index (χ1n) is 9.71. The van der Waals surface area contributed by atoms with Crippen LogP contribution in [0.3, 0.4) is 0 Å². The van der Waals surface area contributed by atoms with E-state index >= 15 is 0 Å². The van der Waals surface area contributed by atoms with E-state index in [2.05, 4.69) is 86.7 Å². The summed E-state index contributed by atoms with van der Waals surface area (Å²) in [5.41, 5.74) is 6.86. The summed E-state index contributed by atoms with van der Waals surface area (Å²) >= 11 is 0. The Morgan fingerprint density at radius 2 is 1.40 bits per heavy atom. The van der Waals surface area contributed by atoms with Crippen LogP contribution in [0.25, 0.3) is 0 Å². The van der Waals surface area contributed by atoms with Crippen LogP contribution in [0.2, 0.25) is 0 Å². The van der Waals surface area contributed by atoms with E-state index in [0.717, 1.165) is 11.8 Å². The minimum absolute atomic E-state index is 0.184. The highest BCUT2D eigenvalue weighted by molar-refractivity contribution is 5.64. The zero-order valence-electron chi connectivity index (χ0n) is 14.9. The summed E-state index contributed by atoms with van der Waals surface area (Å²) in [4.78, 5) is 0. The quantitative estimate of drug-likeness (QED) is 0.625.